The maximum atomic E-state index is 12.9. The molecule has 0 bridgehead atoms. The van der Waals surface area contributed by atoms with Crippen molar-refractivity contribution in [2.24, 2.45) is 0 Å². The number of benzene rings is 1. The smallest absolute Gasteiger partial charge is 0.433 e. The molecule has 1 amide bonds. The normalized spacial score (nSPS) is 21.2. The molecule has 4 rings (SSSR count). The van der Waals surface area contributed by atoms with Crippen molar-refractivity contribution in [2.75, 3.05) is 23.9 Å². The van der Waals surface area contributed by atoms with Crippen LogP contribution in [0.3, 0.4) is 0 Å². The summed E-state index contributed by atoms with van der Waals surface area (Å²) >= 11 is 0. The Morgan fingerprint density at radius 3 is 2.70 bits per heavy atom. The van der Waals surface area contributed by atoms with Crippen LogP contribution < -0.4 is 10.1 Å². The molecule has 0 unspecified atom stereocenters. The Morgan fingerprint density at radius 1 is 1.30 bits per heavy atom. The van der Waals surface area contributed by atoms with Gasteiger partial charge in [-0.1, -0.05) is 6.07 Å². The first kappa shape index (κ1) is 23.0. The lowest BCUT2D eigenvalue weighted by atomic mass is 10.1. The summed E-state index contributed by atoms with van der Waals surface area (Å²) in [6, 6.07) is 6.81. The number of nitrogens with one attached hydrogen (secondary N) is 2. The number of ether oxygens (including phenoxy) is 1. The number of halogens is 3. The molecule has 8 nitrogen and oxygen atoms in total. The van der Waals surface area contributed by atoms with E-state index in [-0.39, 0.29) is 18.2 Å². The van der Waals surface area contributed by atoms with E-state index in [0.717, 1.165) is 11.5 Å². The SMILES string of the molecule is COc1cc2nn(C3CCS(=N)(=O)CC3)cc2cc1NC(=O)Cc1cccc(C(F)(F)F)n1. The summed E-state index contributed by atoms with van der Waals surface area (Å²) in [6.45, 7) is 0. The molecular weight excluding hydrogens is 459 g/mol. The highest BCUT2D eigenvalue weighted by Crippen LogP contribution is 2.32. The van der Waals surface area contributed by atoms with Gasteiger partial charge in [-0.25, -0.2) is 9.19 Å². The van der Waals surface area contributed by atoms with Crippen LogP contribution in [-0.2, 0) is 27.1 Å². The second-order valence-electron chi connectivity index (χ2n) is 7.91. The number of carbonyl (C=O) groups is 1. The number of anilines is 1. The van der Waals surface area contributed by atoms with Crippen molar-refractivity contribution < 1.29 is 26.9 Å². The summed E-state index contributed by atoms with van der Waals surface area (Å²) in [5, 5.41) is 7.98. The van der Waals surface area contributed by atoms with E-state index in [1.807, 2.05) is 6.20 Å². The van der Waals surface area contributed by atoms with Gasteiger partial charge in [0.15, 0.2) is 0 Å². The van der Waals surface area contributed by atoms with Crippen LogP contribution in [0.25, 0.3) is 10.9 Å². The minimum Gasteiger partial charge on any atom is -0.494 e. The van der Waals surface area contributed by atoms with Gasteiger partial charge in [0.1, 0.15) is 11.4 Å². The zero-order valence-electron chi connectivity index (χ0n) is 17.7. The minimum absolute atomic E-state index is 0.00143. The molecule has 0 aliphatic carbocycles. The van der Waals surface area contributed by atoms with Gasteiger partial charge in [0.05, 0.1) is 36.5 Å². The summed E-state index contributed by atoms with van der Waals surface area (Å²) < 4.78 is 65.4. The quantitative estimate of drug-likeness (QED) is 0.572. The van der Waals surface area contributed by atoms with Crippen LogP contribution in [0.2, 0.25) is 0 Å². The monoisotopic (exact) mass is 481 g/mol. The van der Waals surface area contributed by atoms with Gasteiger partial charge in [-0.3, -0.25) is 14.3 Å². The fourth-order valence-corrected chi connectivity index (χ4v) is 5.29. The van der Waals surface area contributed by atoms with Crippen LogP contribution in [0.15, 0.2) is 36.5 Å². The van der Waals surface area contributed by atoms with Crippen molar-refractivity contribution in [1.29, 1.82) is 4.78 Å². The van der Waals surface area contributed by atoms with E-state index in [9.17, 15) is 22.2 Å². The number of methoxy groups -OCH3 is 1. The van der Waals surface area contributed by atoms with Crippen molar-refractivity contribution in [2.45, 2.75) is 31.5 Å². The number of rotatable bonds is 5. The Balaban J connectivity index is 1.53. The first-order valence-electron chi connectivity index (χ1n) is 10.2. The summed E-state index contributed by atoms with van der Waals surface area (Å²) in [5.41, 5.74) is -0.0532. The second-order valence-corrected chi connectivity index (χ2v) is 10.3. The molecule has 3 heterocycles. The molecule has 176 valence electrons. The highest BCUT2D eigenvalue weighted by atomic mass is 32.2. The lowest BCUT2D eigenvalue weighted by Crippen LogP contribution is -2.24. The van der Waals surface area contributed by atoms with Crippen molar-refractivity contribution in [1.82, 2.24) is 14.8 Å². The molecule has 2 aromatic heterocycles. The number of fused-ring (bicyclic) bond motifs is 1. The molecule has 0 saturated carbocycles. The fourth-order valence-electron chi connectivity index (χ4n) is 3.78. The van der Waals surface area contributed by atoms with E-state index in [1.54, 1.807) is 16.8 Å². The molecular formula is C21H22F3N5O3S. The van der Waals surface area contributed by atoms with Gasteiger partial charge >= 0.3 is 6.18 Å². The number of hydrogen-bond donors (Lipinski definition) is 2. The average molecular weight is 482 g/mol. The highest BCUT2D eigenvalue weighted by molar-refractivity contribution is 7.92. The van der Waals surface area contributed by atoms with Crippen LogP contribution in [0.5, 0.6) is 5.75 Å². The number of hydrogen-bond acceptors (Lipinski definition) is 6. The van der Waals surface area contributed by atoms with Gasteiger partial charge in [0, 0.05) is 38.9 Å². The number of alkyl halides is 3. The van der Waals surface area contributed by atoms with Crippen molar-refractivity contribution in [3.05, 3.63) is 47.9 Å². The lowest BCUT2D eigenvalue weighted by molar-refractivity contribution is -0.141. The lowest BCUT2D eigenvalue weighted by Gasteiger charge is -2.23. The zero-order valence-corrected chi connectivity index (χ0v) is 18.5. The maximum Gasteiger partial charge on any atom is 0.433 e. The molecule has 12 heteroatoms. The van der Waals surface area contributed by atoms with Crippen molar-refractivity contribution >= 4 is 32.2 Å². The van der Waals surface area contributed by atoms with E-state index >= 15 is 0 Å². The van der Waals surface area contributed by atoms with Crippen LogP contribution in [0.1, 0.15) is 30.3 Å². The minimum atomic E-state index is -4.59. The molecule has 1 aliphatic heterocycles. The van der Waals surface area contributed by atoms with E-state index < -0.39 is 27.5 Å². The number of amides is 1. The third-order valence-electron chi connectivity index (χ3n) is 5.49. The van der Waals surface area contributed by atoms with E-state index in [0.29, 0.717) is 41.3 Å². The van der Waals surface area contributed by atoms with Crippen molar-refractivity contribution in [3.8, 4) is 5.75 Å². The Labute approximate surface area is 188 Å². The van der Waals surface area contributed by atoms with Gasteiger partial charge in [0.25, 0.3) is 0 Å². The highest BCUT2D eigenvalue weighted by Gasteiger charge is 2.32. The summed E-state index contributed by atoms with van der Waals surface area (Å²) in [6.07, 6.45) is -1.90. The van der Waals surface area contributed by atoms with Crippen LogP contribution in [0.4, 0.5) is 18.9 Å². The summed E-state index contributed by atoms with van der Waals surface area (Å²) in [5.74, 6) is 0.490. The molecule has 1 saturated heterocycles. The molecule has 3 aromatic rings. The van der Waals surface area contributed by atoms with Gasteiger partial charge in [0.2, 0.25) is 5.91 Å². The topological polar surface area (TPSA) is 110 Å². The molecule has 0 atom stereocenters. The second kappa shape index (κ2) is 8.65. The first-order valence-corrected chi connectivity index (χ1v) is 12.1. The van der Waals surface area contributed by atoms with E-state index in [2.05, 4.69) is 15.4 Å². The number of pyridine rings is 1. The fraction of sp³-hybridized carbons (Fsp3) is 0.381. The van der Waals surface area contributed by atoms with Gasteiger partial charge in [-0.2, -0.15) is 18.3 Å². The summed E-state index contributed by atoms with van der Waals surface area (Å²) in [7, 11) is -1.06. The Hall–Kier alpha value is -3.15. The van der Waals surface area contributed by atoms with Crippen LogP contribution >= 0.6 is 0 Å². The first-order chi connectivity index (χ1) is 15.5. The molecule has 2 N–H and O–H groups in total. The van der Waals surface area contributed by atoms with Crippen LogP contribution in [0, 0.1) is 4.78 Å². The van der Waals surface area contributed by atoms with Gasteiger partial charge < -0.3 is 10.1 Å². The molecule has 1 fully saturated rings. The molecule has 33 heavy (non-hydrogen) atoms. The molecule has 0 spiro atoms. The largest absolute Gasteiger partial charge is 0.494 e. The Morgan fingerprint density at radius 2 is 2.03 bits per heavy atom. The summed E-state index contributed by atoms with van der Waals surface area (Å²) in [4.78, 5) is 16.0. The molecule has 1 aliphatic rings. The number of carbonyl (C=O) groups excluding carboxylic acids is 1. The predicted octanol–water partition coefficient (Wildman–Crippen LogP) is 4.02. The zero-order chi connectivity index (χ0) is 23.8. The molecule has 0 radical (unpaired) electrons. The van der Waals surface area contributed by atoms with E-state index in [4.69, 9.17) is 9.52 Å². The third kappa shape index (κ3) is 5.27. The number of nitrogens with zero attached hydrogens (tertiary/aromatic N) is 3. The Kier molecular flexibility index (Phi) is 6.04. The van der Waals surface area contributed by atoms with Crippen LogP contribution in [-0.4, -0.2) is 43.5 Å². The van der Waals surface area contributed by atoms with E-state index in [1.165, 1.54) is 19.2 Å². The Bertz CT molecular complexity index is 1290. The standard InChI is InChI=1S/C21H22F3N5O3S/c1-32-18-11-16-13(12-29(28-16)15-5-7-33(25,31)8-6-15)9-17(18)27-20(30)10-14-3-2-4-19(26-14)21(22,23)24/h2-4,9,11-12,15,25H,5-8,10H2,1H3,(H,27,30). The van der Waals surface area contributed by atoms with Gasteiger partial charge in [-0.05, 0) is 31.0 Å². The molecule has 1 aromatic carbocycles. The third-order valence-corrected chi connectivity index (χ3v) is 7.28. The maximum absolute atomic E-state index is 12.9. The average Bonchev–Trinajstić information content (AvgIpc) is 3.15. The van der Waals surface area contributed by atoms with Crippen molar-refractivity contribution in [3.63, 3.8) is 0 Å². The number of aromatic nitrogens is 3. The predicted molar refractivity (Wildman–Crippen MR) is 117 cm³/mol. The van der Waals surface area contributed by atoms with Gasteiger partial charge in [-0.15, -0.1) is 0 Å².